The molecule has 0 radical (unpaired) electrons. The van der Waals surface area contributed by atoms with Crippen molar-refractivity contribution in [1.29, 1.82) is 0 Å². The predicted molar refractivity (Wildman–Crippen MR) is 67.9 cm³/mol. The Hall–Kier alpha value is -1.29. The Kier molecular flexibility index (Phi) is 5.22. The number of carbonyl (C=O) groups excluding carboxylic acids is 1. The smallest absolute Gasteiger partial charge is 0.319 e. The molecule has 3 nitrogen and oxygen atoms in total. The number of halogens is 2. The van der Waals surface area contributed by atoms with Crippen LogP contribution >= 0.6 is 11.6 Å². The SMILES string of the molecule is CCC(CC)NC(=O)Nc1cccc(Cl)c1F. The number of amides is 2. The van der Waals surface area contributed by atoms with Gasteiger partial charge in [0, 0.05) is 6.04 Å². The number of carbonyl (C=O) groups is 1. The van der Waals surface area contributed by atoms with Crippen molar-refractivity contribution < 1.29 is 9.18 Å². The summed E-state index contributed by atoms with van der Waals surface area (Å²) in [5, 5.41) is 5.18. The van der Waals surface area contributed by atoms with Crippen LogP contribution in [0.15, 0.2) is 18.2 Å². The molecule has 0 aliphatic rings. The van der Waals surface area contributed by atoms with Gasteiger partial charge in [-0.1, -0.05) is 31.5 Å². The van der Waals surface area contributed by atoms with E-state index < -0.39 is 11.8 Å². The lowest BCUT2D eigenvalue weighted by atomic mass is 10.2. The van der Waals surface area contributed by atoms with Crippen molar-refractivity contribution in [3.05, 3.63) is 29.0 Å². The minimum atomic E-state index is -0.617. The summed E-state index contributed by atoms with van der Waals surface area (Å²) in [6.45, 7) is 3.96. The minimum Gasteiger partial charge on any atom is -0.335 e. The van der Waals surface area contributed by atoms with Gasteiger partial charge in [0.1, 0.15) is 0 Å². The maximum absolute atomic E-state index is 13.5. The molecule has 0 aliphatic heterocycles. The number of rotatable bonds is 4. The van der Waals surface area contributed by atoms with Crippen molar-refractivity contribution >= 4 is 23.3 Å². The maximum Gasteiger partial charge on any atom is 0.319 e. The highest BCUT2D eigenvalue weighted by Gasteiger charge is 2.11. The van der Waals surface area contributed by atoms with Crippen LogP contribution in [-0.2, 0) is 0 Å². The highest BCUT2D eigenvalue weighted by molar-refractivity contribution is 6.31. The lowest BCUT2D eigenvalue weighted by molar-refractivity contribution is 0.247. The fourth-order valence-corrected chi connectivity index (χ4v) is 1.61. The van der Waals surface area contributed by atoms with Crippen LogP contribution < -0.4 is 10.6 Å². The van der Waals surface area contributed by atoms with Gasteiger partial charge in [0.2, 0.25) is 0 Å². The third kappa shape index (κ3) is 3.89. The van der Waals surface area contributed by atoms with Crippen LogP contribution in [0.3, 0.4) is 0 Å². The van der Waals surface area contributed by atoms with Crippen LogP contribution in [0, 0.1) is 5.82 Å². The second-order valence-electron chi connectivity index (χ2n) is 3.71. The number of urea groups is 1. The molecule has 1 rings (SSSR count). The summed E-state index contributed by atoms with van der Waals surface area (Å²) in [5.41, 5.74) is 0.0842. The molecule has 5 heteroatoms. The van der Waals surface area contributed by atoms with E-state index in [9.17, 15) is 9.18 Å². The van der Waals surface area contributed by atoms with E-state index in [2.05, 4.69) is 10.6 Å². The van der Waals surface area contributed by atoms with Gasteiger partial charge < -0.3 is 10.6 Å². The Balaban J connectivity index is 2.65. The van der Waals surface area contributed by atoms with E-state index in [1.807, 2.05) is 13.8 Å². The quantitative estimate of drug-likeness (QED) is 0.848. The number of nitrogens with one attached hydrogen (secondary N) is 2. The average molecular weight is 259 g/mol. The molecule has 2 amide bonds. The van der Waals surface area contributed by atoms with Crippen LogP contribution in [0.1, 0.15) is 26.7 Å². The van der Waals surface area contributed by atoms with Gasteiger partial charge in [0.05, 0.1) is 10.7 Å². The maximum atomic E-state index is 13.5. The average Bonchev–Trinajstić information content (AvgIpc) is 2.32. The van der Waals surface area contributed by atoms with Gasteiger partial charge in [-0.05, 0) is 25.0 Å². The fraction of sp³-hybridized carbons (Fsp3) is 0.417. The fourth-order valence-electron chi connectivity index (χ4n) is 1.44. The first-order valence-electron chi connectivity index (χ1n) is 5.60. The Morgan fingerprint density at radius 3 is 2.65 bits per heavy atom. The van der Waals surface area contributed by atoms with E-state index in [1.54, 1.807) is 6.07 Å². The summed E-state index contributed by atoms with van der Waals surface area (Å²) < 4.78 is 13.5. The highest BCUT2D eigenvalue weighted by atomic mass is 35.5. The Labute approximate surface area is 105 Å². The first kappa shape index (κ1) is 13.8. The lowest BCUT2D eigenvalue weighted by Gasteiger charge is -2.15. The normalized spacial score (nSPS) is 10.4. The van der Waals surface area contributed by atoms with E-state index >= 15 is 0 Å². The van der Waals surface area contributed by atoms with Crippen molar-refractivity contribution in [2.24, 2.45) is 0 Å². The molecule has 17 heavy (non-hydrogen) atoms. The molecule has 0 saturated carbocycles. The van der Waals surface area contributed by atoms with Crippen molar-refractivity contribution in [1.82, 2.24) is 5.32 Å². The van der Waals surface area contributed by atoms with Crippen molar-refractivity contribution in [2.45, 2.75) is 32.7 Å². The second kappa shape index (κ2) is 6.45. The molecule has 0 unspecified atom stereocenters. The standard InChI is InChI=1S/C12H16ClFN2O/c1-3-8(4-2)15-12(17)16-10-7-5-6-9(13)11(10)14/h5-8H,3-4H2,1-2H3,(H2,15,16,17). The number of hydrogen-bond acceptors (Lipinski definition) is 1. The summed E-state index contributed by atoms with van der Waals surface area (Å²) in [4.78, 5) is 11.6. The van der Waals surface area contributed by atoms with E-state index in [4.69, 9.17) is 11.6 Å². The largest absolute Gasteiger partial charge is 0.335 e. The first-order valence-corrected chi connectivity index (χ1v) is 5.97. The molecular formula is C12H16ClFN2O. The Morgan fingerprint density at radius 2 is 2.06 bits per heavy atom. The van der Waals surface area contributed by atoms with Crippen LogP contribution in [0.4, 0.5) is 14.9 Å². The monoisotopic (exact) mass is 258 g/mol. The zero-order valence-electron chi connectivity index (χ0n) is 9.89. The summed E-state index contributed by atoms with van der Waals surface area (Å²) in [5.74, 6) is -0.617. The zero-order valence-corrected chi connectivity index (χ0v) is 10.6. The van der Waals surface area contributed by atoms with Gasteiger partial charge in [-0.25, -0.2) is 9.18 Å². The van der Waals surface area contributed by atoms with Gasteiger partial charge in [0.15, 0.2) is 5.82 Å². The third-order valence-corrected chi connectivity index (χ3v) is 2.81. The number of benzene rings is 1. The van der Waals surface area contributed by atoms with Crippen molar-refractivity contribution in [3.63, 3.8) is 0 Å². The lowest BCUT2D eigenvalue weighted by Crippen LogP contribution is -2.37. The molecule has 0 aromatic heterocycles. The van der Waals surface area contributed by atoms with Crippen LogP contribution in [-0.4, -0.2) is 12.1 Å². The molecule has 0 bridgehead atoms. The van der Waals surface area contributed by atoms with Crippen LogP contribution in [0.5, 0.6) is 0 Å². The van der Waals surface area contributed by atoms with Crippen LogP contribution in [0.2, 0.25) is 5.02 Å². The van der Waals surface area contributed by atoms with E-state index in [1.165, 1.54) is 12.1 Å². The van der Waals surface area contributed by atoms with Gasteiger partial charge >= 0.3 is 6.03 Å². The molecule has 0 saturated heterocycles. The van der Waals surface area contributed by atoms with Gasteiger partial charge in [-0.3, -0.25) is 0 Å². The molecule has 0 heterocycles. The van der Waals surface area contributed by atoms with Crippen molar-refractivity contribution in [2.75, 3.05) is 5.32 Å². The number of hydrogen-bond donors (Lipinski definition) is 2. The highest BCUT2D eigenvalue weighted by Crippen LogP contribution is 2.21. The predicted octanol–water partition coefficient (Wildman–Crippen LogP) is 3.79. The Morgan fingerprint density at radius 1 is 1.41 bits per heavy atom. The molecule has 0 aliphatic carbocycles. The summed E-state index contributed by atoms with van der Waals surface area (Å²) in [7, 11) is 0. The summed E-state index contributed by atoms with van der Waals surface area (Å²) in [6, 6.07) is 4.16. The number of anilines is 1. The minimum absolute atomic E-state index is 0.00895. The van der Waals surface area contributed by atoms with E-state index in [0.717, 1.165) is 12.8 Å². The second-order valence-corrected chi connectivity index (χ2v) is 4.12. The molecule has 2 N–H and O–H groups in total. The molecule has 0 atom stereocenters. The van der Waals surface area contributed by atoms with E-state index in [0.29, 0.717) is 0 Å². The van der Waals surface area contributed by atoms with Gasteiger partial charge in [-0.15, -0.1) is 0 Å². The molecule has 0 spiro atoms. The zero-order chi connectivity index (χ0) is 12.8. The molecular weight excluding hydrogens is 243 g/mol. The van der Waals surface area contributed by atoms with Crippen molar-refractivity contribution in [3.8, 4) is 0 Å². The third-order valence-electron chi connectivity index (χ3n) is 2.52. The molecule has 1 aromatic rings. The first-order chi connectivity index (χ1) is 8.08. The Bertz CT molecular complexity index is 394. The molecule has 94 valence electrons. The van der Waals surface area contributed by atoms with Crippen LogP contribution in [0.25, 0.3) is 0 Å². The van der Waals surface area contributed by atoms with Gasteiger partial charge in [0.25, 0.3) is 0 Å². The topological polar surface area (TPSA) is 41.1 Å². The van der Waals surface area contributed by atoms with E-state index in [-0.39, 0.29) is 16.8 Å². The summed E-state index contributed by atoms with van der Waals surface area (Å²) >= 11 is 5.61. The van der Waals surface area contributed by atoms with Gasteiger partial charge in [-0.2, -0.15) is 0 Å². The summed E-state index contributed by atoms with van der Waals surface area (Å²) in [6.07, 6.45) is 1.67. The molecule has 0 fully saturated rings. The molecule has 1 aromatic carbocycles.